The van der Waals surface area contributed by atoms with Gasteiger partial charge in [-0.15, -0.1) is 0 Å². The molecule has 0 saturated heterocycles. The zero-order valence-corrected chi connectivity index (χ0v) is 3.85. The van der Waals surface area contributed by atoms with E-state index in [0.29, 0.717) is 6.73 Å². The van der Waals surface area contributed by atoms with E-state index in [1.165, 1.54) is 6.26 Å². The van der Waals surface area contributed by atoms with Gasteiger partial charge in [-0.2, -0.15) is 0 Å². The number of rotatable bonds is 0. The van der Waals surface area contributed by atoms with Crippen molar-refractivity contribution in [2.75, 3.05) is 6.73 Å². The van der Waals surface area contributed by atoms with Gasteiger partial charge in [0.2, 0.25) is 0 Å². The number of allylic oxidation sites excluding steroid dienone is 2. The van der Waals surface area contributed by atoms with Crippen molar-refractivity contribution in [2.45, 2.75) is 0 Å². The zero-order valence-electron chi connectivity index (χ0n) is 3.85. The Morgan fingerprint density at radius 3 is 3.71 bits per heavy atom. The van der Waals surface area contributed by atoms with Crippen molar-refractivity contribution in [3.63, 3.8) is 0 Å². The van der Waals surface area contributed by atoms with Gasteiger partial charge in [0.05, 0.1) is 6.26 Å². The highest BCUT2D eigenvalue weighted by molar-refractivity contribution is 4.92. The Kier molecular flexibility index (Phi) is 1.39. The van der Waals surface area contributed by atoms with Gasteiger partial charge < -0.3 is 10.1 Å². The number of ether oxygens (including phenoxy) is 1. The first-order chi connectivity index (χ1) is 3.50. The maximum Gasteiger partial charge on any atom is 0.157 e. The standard InChI is InChI=1S/C5H6NO/c1-2-4-7-5-6-3-1/h1,3-4,6H,5H2. The van der Waals surface area contributed by atoms with Crippen molar-refractivity contribution in [3.05, 3.63) is 24.6 Å². The highest BCUT2D eigenvalue weighted by Gasteiger charge is 1.77. The molecule has 0 aromatic heterocycles. The molecule has 0 saturated carbocycles. The summed E-state index contributed by atoms with van der Waals surface area (Å²) < 4.78 is 4.78. The summed E-state index contributed by atoms with van der Waals surface area (Å²) in [5.74, 6) is 0. The summed E-state index contributed by atoms with van der Waals surface area (Å²) in [5.41, 5.74) is 0. The van der Waals surface area contributed by atoms with Crippen LogP contribution < -0.4 is 5.32 Å². The molecule has 0 aliphatic carbocycles. The Morgan fingerprint density at radius 1 is 1.71 bits per heavy atom. The third-order valence-electron chi connectivity index (χ3n) is 0.615. The van der Waals surface area contributed by atoms with Crippen LogP contribution in [0.4, 0.5) is 0 Å². The molecule has 2 heteroatoms. The van der Waals surface area contributed by atoms with E-state index in [0.717, 1.165) is 0 Å². The Bertz CT molecular complexity index is 84.3. The molecule has 7 heavy (non-hydrogen) atoms. The van der Waals surface area contributed by atoms with E-state index < -0.39 is 0 Å². The lowest BCUT2D eigenvalue weighted by Crippen LogP contribution is -2.05. The molecule has 1 radical (unpaired) electrons. The smallest absolute Gasteiger partial charge is 0.157 e. The second kappa shape index (κ2) is 2.29. The molecule has 1 rings (SSSR count). The topological polar surface area (TPSA) is 21.3 Å². The minimum Gasteiger partial charge on any atom is -0.480 e. The van der Waals surface area contributed by atoms with Crippen LogP contribution in [0.2, 0.25) is 0 Å². The summed E-state index contributed by atoms with van der Waals surface area (Å²) in [6, 6.07) is 0. The van der Waals surface area contributed by atoms with E-state index in [1.807, 2.05) is 0 Å². The second-order valence-electron chi connectivity index (χ2n) is 1.13. The van der Waals surface area contributed by atoms with Crippen LogP contribution in [0, 0.1) is 6.08 Å². The molecule has 0 bridgehead atoms. The van der Waals surface area contributed by atoms with Gasteiger partial charge in [0.15, 0.2) is 6.73 Å². The molecule has 0 amide bonds. The predicted molar refractivity (Wildman–Crippen MR) is 26.0 cm³/mol. The average Bonchev–Trinajstić information content (AvgIpc) is 1.90. The molecule has 0 unspecified atom stereocenters. The fourth-order valence-corrected chi connectivity index (χ4v) is 0.332. The molecule has 2 nitrogen and oxygen atoms in total. The van der Waals surface area contributed by atoms with Gasteiger partial charge in [0.1, 0.15) is 0 Å². The van der Waals surface area contributed by atoms with E-state index in [9.17, 15) is 0 Å². The largest absolute Gasteiger partial charge is 0.480 e. The van der Waals surface area contributed by atoms with Gasteiger partial charge in [-0.05, 0) is 12.3 Å². The van der Waals surface area contributed by atoms with Crippen molar-refractivity contribution >= 4 is 0 Å². The van der Waals surface area contributed by atoms with Crippen molar-refractivity contribution < 1.29 is 4.74 Å². The van der Waals surface area contributed by atoms with Gasteiger partial charge in [0, 0.05) is 6.08 Å². The number of hydrogen-bond donors (Lipinski definition) is 1. The molecule has 0 spiro atoms. The van der Waals surface area contributed by atoms with Gasteiger partial charge in [-0.1, -0.05) is 0 Å². The third kappa shape index (κ3) is 1.30. The van der Waals surface area contributed by atoms with E-state index >= 15 is 0 Å². The maximum atomic E-state index is 4.78. The van der Waals surface area contributed by atoms with E-state index in [1.54, 1.807) is 12.3 Å². The summed E-state index contributed by atoms with van der Waals surface area (Å²) in [7, 11) is 0. The molecule has 1 aliphatic rings. The number of nitrogens with one attached hydrogen (secondary N) is 1. The van der Waals surface area contributed by atoms with Crippen LogP contribution in [-0.4, -0.2) is 6.73 Å². The molecule has 1 heterocycles. The van der Waals surface area contributed by atoms with Gasteiger partial charge in [-0.25, -0.2) is 0 Å². The Morgan fingerprint density at radius 2 is 2.71 bits per heavy atom. The minimum atomic E-state index is 0.545. The summed E-state index contributed by atoms with van der Waals surface area (Å²) in [6.45, 7) is 0.545. The first-order valence-electron chi connectivity index (χ1n) is 2.08. The second-order valence-corrected chi connectivity index (χ2v) is 1.13. The van der Waals surface area contributed by atoms with Crippen LogP contribution in [0.1, 0.15) is 0 Å². The summed E-state index contributed by atoms with van der Waals surface area (Å²) >= 11 is 0. The lowest BCUT2D eigenvalue weighted by atomic mass is 10.6. The van der Waals surface area contributed by atoms with Crippen molar-refractivity contribution in [1.29, 1.82) is 0 Å². The van der Waals surface area contributed by atoms with Crippen LogP contribution in [0.5, 0.6) is 0 Å². The molecular weight excluding hydrogens is 90.1 g/mol. The molecule has 0 atom stereocenters. The van der Waals surface area contributed by atoms with Gasteiger partial charge >= 0.3 is 0 Å². The first kappa shape index (κ1) is 4.24. The highest BCUT2D eigenvalue weighted by atomic mass is 16.5. The SMILES string of the molecule is [C]1=COCNC=C1. The fraction of sp³-hybridized carbons (Fsp3) is 0.200. The lowest BCUT2D eigenvalue weighted by molar-refractivity contribution is 0.238. The zero-order chi connectivity index (χ0) is 4.95. The van der Waals surface area contributed by atoms with Crippen LogP contribution in [0.3, 0.4) is 0 Å². The van der Waals surface area contributed by atoms with E-state index in [-0.39, 0.29) is 0 Å². The summed E-state index contributed by atoms with van der Waals surface area (Å²) in [5, 5.41) is 2.85. The molecule has 1 N–H and O–H groups in total. The quantitative estimate of drug-likeness (QED) is 0.471. The number of hydrogen-bond acceptors (Lipinski definition) is 2. The van der Waals surface area contributed by atoms with Crippen molar-refractivity contribution in [1.82, 2.24) is 5.32 Å². The van der Waals surface area contributed by atoms with Gasteiger partial charge in [-0.3, -0.25) is 0 Å². The summed E-state index contributed by atoms with van der Waals surface area (Å²) in [4.78, 5) is 0. The minimum absolute atomic E-state index is 0.545. The third-order valence-corrected chi connectivity index (χ3v) is 0.615. The molecule has 0 aromatic carbocycles. The highest BCUT2D eigenvalue weighted by Crippen LogP contribution is 1.80. The lowest BCUT2D eigenvalue weighted by Gasteiger charge is -1.93. The van der Waals surface area contributed by atoms with Crippen LogP contribution >= 0.6 is 0 Å². The molecule has 37 valence electrons. The predicted octanol–water partition coefficient (Wildman–Crippen LogP) is 0.394. The fourth-order valence-electron chi connectivity index (χ4n) is 0.332. The molecule has 0 aromatic rings. The summed E-state index contributed by atoms with van der Waals surface area (Å²) in [6.07, 6.45) is 7.82. The van der Waals surface area contributed by atoms with Gasteiger partial charge in [0.25, 0.3) is 0 Å². The Labute approximate surface area is 42.5 Å². The average molecular weight is 96.1 g/mol. The monoisotopic (exact) mass is 96.0 g/mol. The Hall–Kier alpha value is -0.920. The first-order valence-corrected chi connectivity index (χ1v) is 2.08. The van der Waals surface area contributed by atoms with Crippen LogP contribution in [-0.2, 0) is 4.74 Å². The maximum absolute atomic E-state index is 4.78. The van der Waals surface area contributed by atoms with E-state index in [2.05, 4.69) is 11.4 Å². The Balaban J connectivity index is 2.39. The van der Waals surface area contributed by atoms with Crippen molar-refractivity contribution in [2.24, 2.45) is 0 Å². The van der Waals surface area contributed by atoms with E-state index in [4.69, 9.17) is 4.74 Å². The molecule has 1 aliphatic heterocycles. The molecular formula is C5H6NO. The van der Waals surface area contributed by atoms with Crippen molar-refractivity contribution in [3.8, 4) is 0 Å². The normalized spacial score (nSPS) is 17.1. The molecule has 0 fully saturated rings. The van der Waals surface area contributed by atoms with Crippen LogP contribution in [0.15, 0.2) is 18.5 Å². The van der Waals surface area contributed by atoms with Crippen LogP contribution in [0.25, 0.3) is 0 Å².